The number of esters is 1. The first-order chi connectivity index (χ1) is 9.02. The van der Waals surface area contributed by atoms with Crippen molar-refractivity contribution >= 4 is 5.97 Å². The van der Waals surface area contributed by atoms with Crippen molar-refractivity contribution in [2.24, 2.45) is 29.1 Å². The molecule has 0 heterocycles. The van der Waals surface area contributed by atoms with E-state index in [1.54, 1.807) is 0 Å². The van der Waals surface area contributed by atoms with E-state index in [0.29, 0.717) is 11.8 Å². The fourth-order valence-corrected chi connectivity index (χ4v) is 5.06. The summed E-state index contributed by atoms with van der Waals surface area (Å²) in [5, 5.41) is 0. The molecule has 5 unspecified atom stereocenters. The lowest BCUT2D eigenvalue weighted by Gasteiger charge is -2.39. The molecule has 108 valence electrons. The summed E-state index contributed by atoms with van der Waals surface area (Å²) in [5.41, 5.74) is -0.186. The summed E-state index contributed by atoms with van der Waals surface area (Å²) in [6, 6.07) is 0. The van der Waals surface area contributed by atoms with Crippen LogP contribution < -0.4 is 0 Å². The Morgan fingerprint density at radius 3 is 2.37 bits per heavy atom. The van der Waals surface area contributed by atoms with Gasteiger partial charge in [0.05, 0.1) is 5.41 Å². The van der Waals surface area contributed by atoms with E-state index in [0.717, 1.165) is 31.1 Å². The number of fused-ring (bicyclic) bond motifs is 2. The van der Waals surface area contributed by atoms with E-state index in [1.165, 1.54) is 25.7 Å². The van der Waals surface area contributed by atoms with Crippen molar-refractivity contribution in [2.45, 2.75) is 71.8 Å². The average Bonchev–Trinajstić information content (AvgIpc) is 2.89. The fourth-order valence-electron chi connectivity index (χ4n) is 5.06. The van der Waals surface area contributed by atoms with Crippen molar-refractivity contribution < 1.29 is 9.53 Å². The molecule has 5 atom stereocenters. The second kappa shape index (κ2) is 4.79. The second-order valence-corrected chi connectivity index (χ2v) is 7.61. The first kappa shape index (κ1) is 13.5. The summed E-state index contributed by atoms with van der Waals surface area (Å²) in [7, 11) is 0. The van der Waals surface area contributed by atoms with Crippen molar-refractivity contribution in [2.75, 3.05) is 0 Å². The smallest absolute Gasteiger partial charge is 0.312 e. The second-order valence-electron chi connectivity index (χ2n) is 7.61. The summed E-state index contributed by atoms with van der Waals surface area (Å²) in [4.78, 5) is 12.7. The lowest BCUT2D eigenvalue weighted by molar-refractivity contribution is -0.167. The predicted octanol–water partition coefficient (Wildman–Crippen LogP) is 4.18. The van der Waals surface area contributed by atoms with E-state index in [4.69, 9.17) is 4.74 Å². The number of rotatable bonds is 2. The van der Waals surface area contributed by atoms with Gasteiger partial charge >= 0.3 is 5.97 Å². The molecule has 0 aromatic carbocycles. The van der Waals surface area contributed by atoms with Gasteiger partial charge in [0.1, 0.15) is 6.10 Å². The maximum Gasteiger partial charge on any atom is 0.312 e. The van der Waals surface area contributed by atoms with Crippen LogP contribution in [0.4, 0.5) is 0 Å². The first-order valence-electron chi connectivity index (χ1n) is 8.23. The zero-order valence-corrected chi connectivity index (χ0v) is 12.7. The maximum absolute atomic E-state index is 12.7. The molecule has 0 saturated heterocycles. The Morgan fingerprint density at radius 2 is 1.79 bits per heavy atom. The summed E-state index contributed by atoms with van der Waals surface area (Å²) in [6.07, 6.45) is 8.47. The number of carbonyl (C=O) groups is 1. The van der Waals surface area contributed by atoms with E-state index in [2.05, 4.69) is 20.8 Å². The van der Waals surface area contributed by atoms with Crippen LogP contribution in [-0.4, -0.2) is 12.1 Å². The Morgan fingerprint density at radius 1 is 1.11 bits per heavy atom. The van der Waals surface area contributed by atoms with Crippen LogP contribution in [0.1, 0.15) is 65.7 Å². The summed E-state index contributed by atoms with van der Waals surface area (Å²) < 4.78 is 5.88. The third-order valence-electron chi connectivity index (χ3n) is 6.56. The van der Waals surface area contributed by atoms with Crippen LogP contribution >= 0.6 is 0 Å². The highest BCUT2D eigenvalue weighted by molar-refractivity contribution is 5.77. The maximum atomic E-state index is 12.7. The summed E-state index contributed by atoms with van der Waals surface area (Å²) in [5.74, 6) is 2.90. The first-order valence-corrected chi connectivity index (χ1v) is 8.23. The Balaban J connectivity index is 1.66. The van der Waals surface area contributed by atoms with Gasteiger partial charge in [-0.3, -0.25) is 4.79 Å². The van der Waals surface area contributed by atoms with E-state index in [-0.39, 0.29) is 17.5 Å². The largest absolute Gasteiger partial charge is 0.462 e. The van der Waals surface area contributed by atoms with Gasteiger partial charge in [-0.1, -0.05) is 20.3 Å². The fraction of sp³-hybridized carbons (Fsp3) is 0.941. The summed E-state index contributed by atoms with van der Waals surface area (Å²) >= 11 is 0. The minimum Gasteiger partial charge on any atom is -0.462 e. The van der Waals surface area contributed by atoms with Gasteiger partial charge in [0.25, 0.3) is 0 Å². The highest BCUT2D eigenvalue weighted by Crippen LogP contribution is 2.61. The molecule has 0 aromatic rings. The quantitative estimate of drug-likeness (QED) is 0.699. The molecule has 0 aliphatic heterocycles. The minimum atomic E-state index is -0.186. The molecule has 0 amide bonds. The molecule has 0 radical (unpaired) electrons. The molecule has 2 heteroatoms. The Labute approximate surface area is 117 Å². The van der Waals surface area contributed by atoms with Crippen molar-refractivity contribution in [3.05, 3.63) is 0 Å². The normalized spacial score (nSPS) is 46.5. The number of hydrogen-bond donors (Lipinski definition) is 0. The molecule has 3 aliphatic carbocycles. The molecule has 19 heavy (non-hydrogen) atoms. The zero-order chi connectivity index (χ0) is 13.6. The topological polar surface area (TPSA) is 26.3 Å². The van der Waals surface area contributed by atoms with Crippen molar-refractivity contribution in [3.8, 4) is 0 Å². The van der Waals surface area contributed by atoms with Gasteiger partial charge < -0.3 is 4.74 Å². The van der Waals surface area contributed by atoms with Crippen LogP contribution in [0.5, 0.6) is 0 Å². The SMILES string of the molecule is CC1C2CC(C1C)C(C)(C(=O)OC1CCCCC1)C2. The van der Waals surface area contributed by atoms with E-state index in [9.17, 15) is 4.79 Å². The lowest BCUT2D eigenvalue weighted by Crippen LogP contribution is -2.42. The molecule has 0 aromatic heterocycles. The van der Waals surface area contributed by atoms with E-state index < -0.39 is 0 Å². The van der Waals surface area contributed by atoms with Gasteiger partial charge in [0.2, 0.25) is 0 Å². The minimum absolute atomic E-state index is 0.116. The zero-order valence-electron chi connectivity index (χ0n) is 12.7. The van der Waals surface area contributed by atoms with Crippen LogP contribution in [0.2, 0.25) is 0 Å². The molecule has 3 fully saturated rings. The van der Waals surface area contributed by atoms with Crippen LogP contribution in [-0.2, 0) is 9.53 Å². The average molecular weight is 264 g/mol. The Kier molecular flexibility index (Phi) is 3.39. The van der Waals surface area contributed by atoms with Crippen molar-refractivity contribution in [3.63, 3.8) is 0 Å². The van der Waals surface area contributed by atoms with Crippen LogP contribution in [0, 0.1) is 29.1 Å². The highest BCUT2D eigenvalue weighted by Gasteiger charge is 2.59. The molecule has 3 aliphatic rings. The monoisotopic (exact) mass is 264 g/mol. The van der Waals surface area contributed by atoms with E-state index >= 15 is 0 Å². The molecule has 2 bridgehead atoms. The van der Waals surface area contributed by atoms with Gasteiger partial charge in [0.15, 0.2) is 0 Å². The molecular weight excluding hydrogens is 236 g/mol. The van der Waals surface area contributed by atoms with Crippen LogP contribution in [0.3, 0.4) is 0 Å². The van der Waals surface area contributed by atoms with Gasteiger partial charge in [0, 0.05) is 0 Å². The van der Waals surface area contributed by atoms with Crippen molar-refractivity contribution in [1.82, 2.24) is 0 Å². The number of hydrogen-bond acceptors (Lipinski definition) is 2. The standard InChI is InChI=1S/C17H28O2/c1-11-12(2)15-9-13(11)10-17(15,3)16(18)19-14-7-5-4-6-8-14/h11-15H,4-10H2,1-3H3. The molecule has 0 spiro atoms. The molecule has 2 nitrogen and oxygen atoms in total. The molecule has 3 saturated carbocycles. The lowest BCUT2D eigenvalue weighted by atomic mass is 9.67. The summed E-state index contributed by atoms with van der Waals surface area (Å²) in [6.45, 7) is 6.87. The van der Waals surface area contributed by atoms with Gasteiger partial charge in [-0.05, 0) is 69.1 Å². The van der Waals surface area contributed by atoms with Crippen LogP contribution in [0.25, 0.3) is 0 Å². The molecule has 0 N–H and O–H groups in total. The third-order valence-corrected chi connectivity index (χ3v) is 6.56. The Hall–Kier alpha value is -0.530. The molecule has 3 rings (SSSR count). The predicted molar refractivity (Wildman–Crippen MR) is 75.6 cm³/mol. The Bertz CT molecular complexity index is 356. The third kappa shape index (κ3) is 2.11. The number of carbonyl (C=O) groups excluding carboxylic acids is 1. The van der Waals surface area contributed by atoms with Gasteiger partial charge in [-0.2, -0.15) is 0 Å². The van der Waals surface area contributed by atoms with E-state index in [1.807, 2.05) is 0 Å². The van der Waals surface area contributed by atoms with Crippen LogP contribution in [0.15, 0.2) is 0 Å². The number of ether oxygens (including phenoxy) is 1. The molecular formula is C17H28O2. The van der Waals surface area contributed by atoms with Crippen molar-refractivity contribution in [1.29, 1.82) is 0 Å². The highest BCUT2D eigenvalue weighted by atomic mass is 16.5. The van der Waals surface area contributed by atoms with Gasteiger partial charge in [-0.25, -0.2) is 0 Å². The van der Waals surface area contributed by atoms with Gasteiger partial charge in [-0.15, -0.1) is 0 Å².